The molecule has 0 aliphatic heterocycles. The Morgan fingerprint density at radius 1 is 1.00 bits per heavy atom. The summed E-state index contributed by atoms with van der Waals surface area (Å²) in [7, 11) is 0. The van der Waals surface area contributed by atoms with Crippen LogP contribution in [0.4, 0.5) is 22.0 Å². The van der Waals surface area contributed by atoms with Crippen molar-refractivity contribution in [1.29, 1.82) is 0 Å². The van der Waals surface area contributed by atoms with Crippen LogP contribution in [0.1, 0.15) is 13.3 Å². The van der Waals surface area contributed by atoms with Crippen LogP contribution < -0.4 is 0 Å². The van der Waals surface area contributed by atoms with Gasteiger partial charge in [0.25, 0.3) is 0 Å². The third-order valence-electron chi connectivity index (χ3n) is 1.15. The molecule has 0 rings (SSSR count). The summed E-state index contributed by atoms with van der Waals surface area (Å²) in [5.41, 5.74) is 0. The summed E-state index contributed by atoms with van der Waals surface area (Å²) in [6.07, 6.45) is -11.4. The first kappa shape index (κ1) is 13.6. The zero-order valence-corrected chi connectivity index (χ0v) is 7.53. The number of halogens is 5. The lowest BCUT2D eigenvalue weighted by molar-refractivity contribution is -0.294. The van der Waals surface area contributed by atoms with E-state index in [-0.39, 0.29) is 6.61 Å². The lowest BCUT2D eigenvalue weighted by atomic mass is 10.4. The molecule has 7 heteroatoms. The molecule has 0 aromatic heterocycles. The molecule has 0 heterocycles. The lowest BCUT2D eigenvalue weighted by Crippen LogP contribution is -2.30. The molecule has 0 fully saturated rings. The van der Waals surface area contributed by atoms with Crippen LogP contribution in [-0.4, -0.2) is 32.1 Å². The van der Waals surface area contributed by atoms with Crippen LogP contribution in [0.2, 0.25) is 0 Å². The van der Waals surface area contributed by atoms with Gasteiger partial charge in [-0.3, -0.25) is 0 Å². The molecule has 0 spiro atoms. The van der Waals surface area contributed by atoms with E-state index < -0.39 is 25.3 Å². The fourth-order valence-corrected chi connectivity index (χ4v) is 0.679. The highest BCUT2D eigenvalue weighted by molar-refractivity contribution is 4.60. The van der Waals surface area contributed by atoms with Gasteiger partial charge in [0, 0.05) is 6.61 Å². The van der Waals surface area contributed by atoms with Crippen molar-refractivity contribution in [2.75, 3.05) is 19.8 Å². The molecule has 0 amide bonds. The van der Waals surface area contributed by atoms with E-state index in [9.17, 15) is 22.0 Å². The lowest BCUT2D eigenvalue weighted by Gasteiger charge is -2.18. The molecule has 0 unspecified atom stereocenters. The normalized spacial score (nSPS) is 13.3. The minimum atomic E-state index is -4.94. The van der Waals surface area contributed by atoms with E-state index in [4.69, 9.17) is 0 Å². The second-order valence-electron chi connectivity index (χ2n) is 2.47. The van der Waals surface area contributed by atoms with Crippen molar-refractivity contribution in [3.05, 3.63) is 0 Å². The molecule has 2 nitrogen and oxygen atoms in total. The monoisotopic (exact) mass is 222 g/mol. The maximum Gasteiger partial charge on any atom is 0.397 e. The van der Waals surface area contributed by atoms with Gasteiger partial charge in [0.1, 0.15) is 6.42 Å². The Kier molecular flexibility index (Phi) is 5.28. The van der Waals surface area contributed by atoms with Crippen LogP contribution in [-0.2, 0) is 9.47 Å². The number of alkyl halides is 5. The Morgan fingerprint density at radius 2 is 1.57 bits per heavy atom. The van der Waals surface area contributed by atoms with Crippen LogP contribution in [0.3, 0.4) is 0 Å². The summed E-state index contributed by atoms with van der Waals surface area (Å²) in [4.78, 5) is 0. The molecule has 0 aromatic carbocycles. The molecule has 0 aliphatic carbocycles. The van der Waals surface area contributed by atoms with E-state index >= 15 is 0 Å². The smallest absolute Gasteiger partial charge is 0.379 e. The van der Waals surface area contributed by atoms with E-state index in [1.165, 1.54) is 0 Å². The molecular formula is C7H11F5O2. The molecule has 0 aromatic rings. The second kappa shape index (κ2) is 5.45. The van der Waals surface area contributed by atoms with Gasteiger partial charge in [0.05, 0.1) is 13.2 Å². The number of ether oxygens (including phenoxy) is 2. The standard InChI is InChI=1S/C7H11F5O2/c1-2-13-3-4-14-7(11,12)5-6(8,9)10/h2-5H2,1H3. The predicted octanol–water partition coefficient (Wildman–Crippen LogP) is 2.58. The average Bonchev–Trinajstić information content (AvgIpc) is 1.93. The Hall–Kier alpha value is -0.430. The van der Waals surface area contributed by atoms with Gasteiger partial charge in [-0.1, -0.05) is 0 Å². The quantitative estimate of drug-likeness (QED) is 0.508. The van der Waals surface area contributed by atoms with Gasteiger partial charge in [-0.2, -0.15) is 22.0 Å². The Balaban J connectivity index is 3.72. The van der Waals surface area contributed by atoms with Crippen LogP contribution in [0.5, 0.6) is 0 Å². The average molecular weight is 222 g/mol. The molecule has 0 saturated carbocycles. The largest absolute Gasteiger partial charge is 0.397 e. The fraction of sp³-hybridized carbons (Fsp3) is 1.00. The summed E-state index contributed by atoms with van der Waals surface area (Å²) in [6.45, 7) is 1.23. The van der Waals surface area contributed by atoms with Crippen molar-refractivity contribution in [2.24, 2.45) is 0 Å². The van der Waals surface area contributed by atoms with E-state index in [0.29, 0.717) is 6.61 Å². The SMILES string of the molecule is CCOCCOC(F)(F)CC(F)(F)F. The Bertz CT molecular complexity index is 157. The third kappa shape index (κ3) is 8.18. The summed E-state index contributed by atoms with van der Waals surface area (Å²) in [5.74, 6) is 0. The minimum Gasteiger partial charge on any atom is -0.379 e. The van der Waals surface area contributed by atoms with Gasteiger partial charge in [0.15, 0.2) is 0 Å². The fourth-order valence-electron chi connectivity index (χ4n) is 0.679. The minimum absolute atomic E-state index is 0.149. The van der Waals surface area contributed by atoms with Gasteiger partial charge < -0.3 is 9.47 Å². The van der Waals surface area contributed by atoms with E-state index in [2.05, 4.69) is 9.47 Å². The van der Waals surface area contributed by atoms with Crippen LogP contribution in [0.25, 0.3) is 0 Å². The molecule has 86 valence electrons. The predicted molar refractivity (Wildman–Crippen MR) is 38.1 cm³/mol. The van der Waals surface area contributed by atoms with E-state index in [1.807, 2.05) is 0 Å². The first-order valence-electron chi connectivity index (χ1n) is 3.93. The summed E-state index contributed by atoms with van der Waals surface area (Å²) >= 11 is 0. The molecule has 0 atom stereocenters. The molecule has 0 N–H and O–H groups in total. The van der Waals surface area contributed by atoms with Crippen LogP contribution in [0.15, 0.2) is 0 Å². The second-order valence-corrected chi connectivity index (χ2v) is 2.47. The van der Waals surface area contributed by atoms with E-state index in [0.717, 1.165) is 0 Å². The van der Waals surface area contributed by atoms with Crippen LogP contribution in [0, 0.1) is 0 Å². The van der Waals surface area contributed by atoms with Crippen molar-refractivity contribution < 1.29 is 31.4 Å². The van der Waals surface area contributed by atoms with Gasteiger partial charge >= 0.3 is 12.3 Å². The highest BCUT2D eigenvalue weighted by Gasteiger charge is 2.44. The number of hydrogen-bond donors (Lipinski definition) is 0. The number of hydrogen-bond acceptors (Lipinski definition) is 2. The van der Waals surface area contributed by atoms with Crippen molar-refractivity contribution in [3.8, 4) is 0 Å². The molecule has 0 radical (unpaired) electrons. The van der Waals surface area contributed by atoms with Crippen molar-refractivity contribution >= 4 is 0 Å². The molecule has 0 aliphatic rings. The first-order valence-corrected chi connectivity index (χ1v) is 3.93. The summed E-state index contributed by atoms with van der Waals surface area (Å²) in [6, 6.07) is 0. The molecular weight excluding hydrogens is 211 g/mol. The number of rotatable bonds is 6. The van der Waals surface area contributed by atoms with Gasteiger partial charge in [-0.15, -0.1) is 0 Å². The zero-order chi connectivity index (χ0) is 11.2. The van der Waals surface area contributed by atoms with Gasteiger partial charge in [-0.25, -0.2) is 0 Å². The summed E-state index contributed by atoms with van der Waals surface area (Å²) < 4.78 is 67.7. The maximum absolute atomic E-state index is 12.3. The zero-order valence-electron chi connectivity index (χ0n) is 7.53. The molecule has 14 heavy (non-hydrogen) atoms. The third-order valence-corrected chi connectivity index (χ3v) is 1.15. The van der Waals surface area contributed by atoms with Gasteiger partial charge in [0.2, 0.25) is 0 Å². The van der Waals surface area contributed by atoms with Crippen molar-refractivity contribution in [1.82, 2.24) is 0 Å². The maximum atomic E-state index is 12.3. The highest BCUT2D eigenvalue weighted by atomic mass is 19.4. The van der Waals surface area contributed by atoms with Crippen molar-refractivity contribution in [3.63, 3.8) is 0 Å². The highest BCUT2D eigenvalue weighted by Crippen LogP contribution is 2.31. The van der Waals surface area contributed by atoms with Crippen LogP contribution >= 0.6 is 0 Å². The molecule has 0 saturated heterocycles. The first-order chi connectivity index (χ1) is 6.27. The van der Waals surface area contributed by atoms with Crippen molar-refractivity contribution in [2.45, 2.75) is 25.6 Å². The Morgan fingerprint density at radius 3 is 2.00 bits per heavy atom. The topological polar surface area (TPSA) is 18.5 Å². The van der Waals surface area contributed by atoms with Gasteiger partial charge in [-0.05, 0) is 6.92 Å². The molecule has 0 bridgehead atoms. The summed E-state index contributed by atoms with van der Waals surface area (Å²) in [5, 5.41) is 0. The Labute approximate surface area is 78.0 Å². The van der Waals surface area contributed by atoms with E-state index in [1.54, 1.807) is 6.92 Å².